The van der Waals surface area contributed by atoms with Crippen molar-refractivity contribution in [3.8, 4) is 0 Å². The predicted molar refractivity (Wildman–Crippen MR) is 169 cm³/mol. The Kier molecular flexibility index (Phi) is 8.91. The molecule has 0 radical (unpaired) electrons. The first-order chi connectivity index (χ1) is 21.8. The second-order valence-electron chi connectivity index (χ2n) is 10.8. The van der Waals surface area contributed by atoms with E-state index in [2.05, 4.69) is 14.4 Å². The van der Waals surface area contributed by atoms with E-state index in [9.17, 15) is 35.9 Å². The van der Waals surface area contributed by atoms with Crippen LogP contribution >= 0.6 is 0 Å². The highest BCUT2D eigenvalue weighted by Crippen LogP contribution is 2.46. The molecular weight excluding hydrogens is 639 g/mol. The second kappa shape index (κ2) is 12.6. The van der Waals surface area contributed by atoms with Crippen molar-refractivity contribution in [2.45, 2.75) is 56.4 Å². The molecule has 1 heterocycles. The molecule has 242 valence electrons. The number of carbonyl (C=O) groups is 2. The van der Waals surface area contributed by atoms with Gasteiger partial charge in [0.1, 0.15) is 28.7 Å². The molecule has 0 bridgehead atoms. The zero-order valence-electron chi connectivity index (χ0n) is 24.8. The number of amidine groups is 1. The van der Waals surface area contributed by atoms with Crippen LogP contribution < -0.4 is 14.8 Å². The topological polar surface area (TPSA) is 180 Å². The predicted octanol–water partition coefficient (Wildman–Crippen LogP) is 5.31. The highest BCUT2D eigenvalue weighted by atomic mass is 32.2. The Balaban J connectivity index is 1.43. The number of rotatable bonds is 10. The molecule has 0 aromatic heterocycles. The van der Waals surface area contributed by atoms with Gasteiger partial charge in [-0.25, -0.2) is 13.9 Å². The Hall–Kier alpha value is -4.76. The lowest BCUT2D eigenvalue weighted by Gasteiger charge is -2.39. The molecule has 12 nitrogen and oxygen atoms in total. The number of hydrogen-bond donors (Lipinski definition) is 4. The maximum atomic E-state index is 14.4. The van der Waals surface area contributed by atoms with Gasteiger partial charge in [-0.05, 0) is 54.3 Å². The van der Waals surface area contributed by atoms with Crippen molar-refractivity contribution in [2.75, 3.05) is 10.0 Å². The lowest BCUT2D eigenvalue weighted by molar-refractivity contribution is -0.121. The van der Waals surface area contributed by atoms with Crippen molar-refractivity contribution < 1.29 is 40.7 Å². The van der Waals surface area contributed by atoms with Crippen LogP contribution in [0.15, 0.2) is 81.6 Å². The monoisotopic (exact) mass is 670 g/mol. The summed E-state index contributed by atoms with van der Waals surface area (Å²) in [6, 6.07) is 15.8. The van der Waals surface area contributed by atoms with Crippen LogP contribution in [0.25, 0.3) is 5.76 Å². The number of fused-ring (bicyclic) bond motifs is 2. The number of aliphatic hydroxyl groups is 1. The first kappa shape index (κ1) is 32.6. The zero-order chi connectivity index (χ0) is 33.3. The molecule has 2 aliphatic rings. The number of halogens is 1. The van der Waals surface area contributed by atoms with Crippen molar-refractivity contribution in [1.82, 2.24) is 4.72 Å². The van der Waals surface area contributed by atoms with E-state index in [1.165, 1.54) is 24.3 Å². The van der Waals surface area contributed by atoms with Crippen molar-refractivity contribution in [2.24, 2.45) is 4.40 Å². The Morgan fingerprint density at radius 2 is 1.74 bits per heavy atom. The largest absolute Gasteiger partial charge is 0.506 e. The number of nitrogens with one attached hydrogen (secondary N) is 3. The van der Waals surface area contributed by atoms with Crippen LogP contribution in [0, 0.1) is 5.82 Å². The third-order valence-electron chi connectivity index (χ3n) is 7.65. The fourth-order valence-electron chi connectivity index (χ4n) is 5.80. The number of sulfonamides is 1. The lowest BCUT2D eigenvalue weighted by atomic mass is 9.63. The van der Waals surface area contributed by atoms with Crippen LogP contribution in [-0.2, 0) is 41.8 Å². The van der Waals surface area contributed by atoms with Gasteiger partial charge in [-0.1, -0.05) is 63.1 Å². The molecule has 1 aliphatic heterocycles. The molecule has 0 unspecified atom stereocenters. The highest BCUT2D eigenvalue weighted by molar-refractivity contribution is 7.91. The number of carbonyl (C=O) groups excluding carboxylic acids is 2. The maximum absolute atomic E-state index is 14.4. The molecule has 0 saturated carbocycles. The van der Waals surface area contributed by atoms with E-state index in [1.54, 1.807) is 35.1 Å². The van der Waals surface area contributed by atoms with Gasteiger partial charge in [0.15, 0.2) is 11.6 Å². The number of benzene rings is 3. The number of ether oxygens (including phenoxy) is 1. The molecule has 46 heavy (non-hydrogen) atoms. The summed E-state index contributed by atoms with van der Waals surface area (Å²) in [7, 11) is -9.11. The summed E-state index contributed by atoms with van der Waals surface area (Å²) in [5, 5.41) is 14.0. The Morgan fingerprint density at radius 3 is 2.41 bits per heavy atom. The fourth-order valence-corrected chi connectivity index (χ4v) is 7.72. The number of Topliss-reactive ketones (excluding diaryl/α,β-unsaturated/α-hetero) is 1. The van der Waals surface area contributed by atoms with E-state index in [4.69, 9.17) is 4.74 Å². The number of hydrogen-bond acceptors (Lipinski definition) is 9. The SMILES string of the molecule is CCCC1(CCC)C(=O)C(C2=NS(=O)(=O)c3cc(NS(=O)(=O)NC(=O)OCc4ccccc4)ccc3N2)=C(O)c2cc(F)ccc21. The van der Waals surface area contributed by atoms with Gasteiger partial charge in [0.05, 0.1) is 16.8 Å². The van der Waals surface area contributed by atoms with Crippen molar-refractivity contribution in [3.05, 3.63) is 94.8 Å². The Bertz CT molecular complexity index is 1990. The lowest BCUT2D eigenvalue weighted by Crippen LogP contribution is -2.44. The smallest absolute Gasteiger partial charge is 0.422 e. The standard InChI is InChI=1S/C31H31FN4O8S2/c1-3-14-31(15-4-2)23-12-10-20(32)16-22(23)27(37)26(28(31)38)29-33-24-13-11-21(17-25(24)45(40,41)35-29)34-46(42,43)36-30(39)44-18-19-8-6-5-7-9-19/h5-13,16-17,34,37H,3-4,14-15,18H2,1-2H3,(H,33,35)(H,36,39). The van der Waals surface area contributed by atoms with E-state index in [0.29, 0.717) is 36.8 Å². The van der Waals surface area contributed by atoms with Crippen molar-refractivity contribution in [1.29, 1.82) is 0 Å². The van der Waals surface area contributed by atoms with Gasteiger partial charge < -0.3 is 15.2 Å². The number of anilines is 2. The van der Waals surface area contributed by atoms with Gasteiger partial charge in [0, 0.05) is 5.56 Å². The average Bonchev–Trinajstić information content (AvgIpc) is 2.99. The first-order valence-corrected chi connectivity index (χ1v) is 17.3. The summed E-state index contributed by atoms with van der Waals surface area (Å²) >= 11 is 0. The molecule has 5 rings (SSSR count). The minimum absolute atomic E-state index is 0.0575. The van der Waals surface area contributed by atoms with E-state index in [-0.39, 0.29) is 23.5 Å². The van der Waals surface area contributed by atoms with E-state index in [1.807, 2.05) is 13.8 Å². The van der Waals surface area contributed by atoms with Crippen LogP contribution in [-0.4, -0.2) is 39.7 Å². The maximum Gasteiger partial charge on any atom is 0.422 e. The molecule has 0 fully saturated rings. The minimum atomic E-state index is -4.57. The molecule has 1 amide bonds. The van der Waals surface area contributed by atoms with Gasteiger partial charge in [-0.3, -0.25) is 9.52 Å². The summed E-state index contributed by atoms with van der Waals surface area (Å²) in [6.07, 6.45) is 0.629. The summed E-state index contributed by atoms with van der Waals surface area (Å²) < 4.78 is 78.7. The normalized spacial score (nSPS) is 16.4. The summed E-state index contributed by atoms with van der Waals surface area (Å²) in [5.41, 5.74) is -0.667. The summed E-state index contributed by atoms with van der Waals surface area (Å²) in [4.78, 5) is 25.8. The minimum Gasteiger partial charge on any atom is -0.506 e. The van der Waals surface area contributed by atoms with Crippen LogP contribution in [0.5, 0.6) is 0 Å². The third-order valence-corrected chi connectivity index (χ3v) is 9.90. The van der Waals surface area contributed by atoms with E-state index in [0.717, 1.165) is 12.1 Å². The highest BCUT2D eigenvalue weighted by Gasteiger charge is 2.48. The van der Waals surface area contributed by atoms with Crippen molar-refractivity contribution >= 4 is 55.1 Å². The van der Waals surface area contributed by atoms with E-state index < -0.39 is 65.4 Å². The molecule has 3 aromatic rings. The third kappa shape index (κ3) is 6.33. The molecule has 1 aliphatic carbocycles. The van der Waals surface area contributed by atoms with Crippen LogP contribution in [0.3, 0.4) is 0 Å². The summed E-state index contributed by atoms with van der Waals surface area (Å²) in [6.45, 7) is 3.59. The van der Waals surface area contributed by atoms with Crippen LogP contribution in [0.2, 0.25) is 0 Å². The number of nitrogens with zero attached hydrogens (tertiary/aromatic N) is 1. The number of ketones is 1. The zero-order valence-corrected chi connectivity index (χ0v) is 26.5. The average molecular weight is 671 g/mol. The Morgan fingerprint density at radius 1 is 1.04 bits per heavy atom. The molecule has 0 atom stereocenters. The molecular formula is C31H31FN4O8S2. The molecule has 4 N–H and O–H groups in total. The first-order valence-electron chi connectivity index (χ1n) is 14.4. The van der Waals surface area contributed by atoms with Gasteiger partial charge in [0.25, 0.3) is 10.0 Å². The van der Waals surface area contributed by atoms with E-state index >= 15 is 0 Å². The molecule has 0 saturated heterocycles. The van der Waals surface area contributed by atoms with Crippen LogP contribution in [0.1, 0.15) is 56.2 Å². The van der Waals surface area contributed by atoms with Gasteiger partial charge in [0.2, 0.25) is 0 Å². The van der Waals surface area contributed by atoms with Crippen molar-refractivity contribution in [3.63, 3.8) is 0 Å². The molecule has 3 aromatic carbocycles. The van der Waals surface area contributed by atoms with Gasteiger partial charge in [-0.2, -0.15) is 16.8 Å². The molecule has 15 heteroatoms. The number of aliphatic hydroxyl groups excluding tert-OH is 1. The quantitative estimate of drug-likeness (QED) is 0.222. The number of amides is 1. The Labute approximate surface area is 265 Å². The summed E-state index contributed by atoms with van der Waals surface area (Å²) in [5.74, 6) is -2.25. The second-order valence-corrected chi connectivity index (χ2v) is 13.8. The van der Waals surface area contributed by atoms with Crippen LogP contribution in [0.4, 0.5) is 20.6 Å². The van der Waals surface area contributed by atoms with Gasteiger partial charge in [-0.15, -0.1) is 4.40 Å². The fraction of sp³-hybridized carbons (Fsp3) is 0.258. The van der Waals surface area contributed by atoms with Gasteiger partial charge >= 0.3 is 16.3 Å². The molecule has 0 spiro atoms.